The molecule has 5 heteroatoms. The lowest BCUT2D eigenvalue weighted by molar-refractivity contribution is -0.114. The van der Waals surface area contributed by atoms with E-state index < -0.39 is 0 Å². The molecule has 1 aliphatic carbocycles. The Kier molecular flexibility index (Phi) is 4.86. The van der Waals surface area contributed by atoms with Gasteiger partial charge in [0, 0.05) is 29.8 Å². The van der Waals surface area contributed by atoms with Crippen molar-refractivity contribution in [3.63, 3.8) is 0 Å². The van der Waals surface area contributed by atoms with E-state index in [1.54, 1.807) is 18.3 Å². The molecule has 1 saturated heterocycles. The van der Waals surface area contributed by atoms with Gasteiger partial charge in [-0.1, -0.05) is 6.07 Å². The molecule has 1 fully saturated rings. The van der Waals surface area contributed by atoms with Gasteiger partial charge in [0.2, 0.25) is 5.91 Å². The summed E-state index contributed by atoms with van der Waals surface area (Å²) < 4.78 is 0. The van der Waals surface area contributed by atoms with E-state index in [2.05, 4.69) is 21.3 Å². The number of pyridine rings is 1. The number of nitrogens with zero attached hydrogens (tertiary/aromatic N) is 2. The summed E-state index contributed by atoms with van der Waals surface area (Å²) in [4.78, 5) is 20.2. The highest BCUT2D eigenvalue weighted by Crippen LogP contribution is 2.45. The zero-order valence-electron chi connectivity index (χ0n) is 14.8. The van der Waals surface area contributed by atoms with Crippen molar-refractivity contribution in [1.29, 1.82) is 0 Å². The number of likely N-dealkylation sites (tertiary alicyclic amines) is 1. The van der Waals surface area contributed by atoms with Gasteiger partial charge in [0.1, 0.15) is 5.00 Å². The fraction of sp³-hybridized carbons (Fsp3) is 0.500. The second-order valence-electron chi connectivity index (χ2n) is 7.07. The number of rotatable bonds is 4. The Hall–Kier alpha value is -1.72. The van der Waals surface area contributed by atoms with E-state index in [0.717, 1.165) is 30.9 Å². The Bertz CT molecular complexity index is 750. The Balaban J connectivity index is 1.85. The Labute approximate surface area is 153 Å². The summed E-state index contributed by atoms with van der Waals surface area (Å²) in [5.41, 5.74) is 4.06. The van der Waals surface area contributed by atoms with E-state index in [-0.39, 0.29) is 11.9 Å². The predicted octanol–water partition coefficient (Wildman–Crippen LogP) is 4.17. The third kappa shape index (κ3) is 3.35. The van der Waals surface area contributed by atoms with Crippen molar-refractivity contribution in [2.45, 2.75) is 51.5 Å². The van der Waals surface area contributed by atoms with Crippen molar-refractivity contribution in [3.8, 4) is 0 Å². The molecule has 3 heterocycles. The van der Waals surface area contributed by atoms with Crippen LogP contribution in [0.2, 0.25) is 0 Å². The van der Waals surface area contributed by atoms with Gasteiger partial charge in [-0.25, -0.2) is 0 Å². The number of anilines is 1. The highest BCUT2D eigenvalue weighted by Gasteiger charge is 2.33. The molecule has 0 unspecified atom stereocenters. The van der Waals surface area contributed by atoms with Gasteiger partial charge in [-0.3, -0.25) is 14.7 Å². The number of fused-ring (bicyclic) bond motifs is 1. The molecule has 2 aromatic heterocycles. The van der Waals surface area contributed by atoms with Crippen molar-refractivity contribution in [3.05, 3.63) is 46.1 Å². The van der Waals surface area contributed by atoms with Gasteiger partial charge in [0.25, 0.3) is 0 Å². The first-order chi connectivity index (χ1) is 12.2. The number of thiophene rings is 1. The number of amides is 1. The minimum absolute atomic E-state index is 0.0196. The van der Waals surface area contributed by atoms with Gasteiger partial charge >= 0.3 is 0 Å². The summed E-state index contributed by atoms with van der Waals surface area (Å²) in [5, 5.41) is 4.19. The van der Waals surface area contributed by atoms with Crippen LogP contribution in [0.4, 0.5) is 5.00 Å². The van der Waals surface area contributed by atoms with Gasteiger partial charge in [0.15, 0.2) is 0 Å². The summed E-state index contributed by atoms with van der Waals surface area (Å²) in [6.45, 7) is 3.84. The van der Waals surface area contributed by atoms with Crippen LogP contribution in [-0.2, 0) is 17.6 Å². The lowest BCUT2D eigenvalue weighted by Gasteiger charge is -2.30. The minimum atomic E-state index is 0.0196. The van der Waals surface area contributed by atoms with E-state index in [4.69, 9.17) is 0 Å². The third-order valence-corrected chi connectivity index (χ3v) is 6.50. The molecule has 1 aliphatic heterocycles. The minimum Gasteiger partial charge on any atom is -0.318 e. The Morgan fingerprint density at radius 1 is 1.24 bits per heavy atom. The Morgan fingerprint density at radius 2 is 2.04 bits per heavy atom. The number of aromatic nitrogens is 1. The van der Waals surface area contributed by atoms with Crippen LogP contribution in [0.5, 0.6) is 0 Å². The topological polar surface area (TPSA) is 45.2 Å². The number of carbonyl (C=O) groups excluding carboxylic acids is 1. The first-order valence-electron chi connectivity index (χ1n) is 9.30. The number of carbonyl (C=O) groups is 1. The molecule has 0 radical (unpaired) electrons. The maximum atomic E-state index is 11.8. The van der Waals surface area contributed by atoms with Crippen molar-refractivity contribution < 1.29 is 4.79 Å². The number of hydrogen-bond donors (Lipinski definition) is 1. The fourth-order valence-electron chi connectivity index (χ4n) is 4.23. The van der Waals surface area contributed by atoms with Crippen LogP contribution in [0.3, 0.4) is 0 Å². The van der Waals surface area contributed by atoms with E-state index in [9.17, 15) is 4.79 Å². The largest absolute Gasteiger partial charge is 0.318 e. The molecule has 0 saturated carbocycles. The monoisotopic (exact) mass is 355 g/mol. The predicted molar refractivity (Wildman–Crippen MR) is 102 cm³/mol. The first-order valence-corrected chi connectivity index (χ1v) is 10.1. The molecule has 0 bridgehead atoms. The van der Waals surface area contributed by atoms with Crippen LogP contribution in [0.15, 0.2) is 24.5 Å². The quantitative estimate of drug-likeness (QED) is 0.895. The molecule has 4 rings (SSSR count). The lowest BCUT2D eigenvalue weighted by Crippen LogP contribution is -2.28. The third-order valence-electron chi connectivity index (χ3n) is 5.28. The molecule has 2 aromatic rings. The van der Waals surface area contributed by atoms with E-state index in [1.807, 2.05) is 18.5 Å². The molecule has 4 nitrogen and oxygen atoms in total. The van der Waals surface area contributed by atoms with Crippen LogP contribution in [0, 0.1) is 0 Å². The second kappa shape index (κ2) is 7.26. The van der Waals surface area contributed by atoms with Crippen LogP contribution in [0.1, 0.15) is 60.2 Å². The van der Waals surface area contributed by atoms with E-state index in [1.165, 1.54) is 47.3 Å². The van der Waals surface area contributed by atoms with Gasteiger partial charge in [-0.15, -0.1) is 11.3 Å². The summed E-state index contributed by atoms with van der Waals surface area (Å²) >= 11 is 1.79. The van der Waals surface area contributed by atoms with Crippen molar-refractivity contribution in [2.75, 3.05) is 18.4 Å². The SMILES string of the molecule is CC(=O)Nc1sc2c(c1[C@@H](c1cccnc1)N1CCCC1)CCCC2. The molecule has 0 spiro atoms. The van der Waals surface area contributed by atoms with E-state index >= 15 is 0 Å². The van der Waals surface area contributed by atoms with Gasteiger partial charge in [-0.2, -0.15) is 0 Å². The molecule has 132 valence electrons. The van der Waals surface area contributed by atoms with Crippen molar-refractivity contribution in [2.24, 2.45) is 0 Å². The zero-order valence-corrected chi connectivity index (χ0v) is 15.6. The number of aryl methyl sites for hydroxylation is 1. The molecule has 2 aliphatic rings. The second-order valence-corrected chi connectivity index (χ2v) is 8.17. The van der Waals surface area contributed by atoms with Crippen LogP contribution >= 0.6 is 11.3 Å². The smallest absolute Gasteiger partial charge is 0.221 e. The molecule has 25 heavy (non-hydrogen) atoms. The van der Waals surface area contributed by atoms with E-state index in [0.29, 0.717) is 0 Å². The number of hydrogen-bond acceptors (Lipinski definition) is 4. The maximum Gasteiger partial charge on any atom is 0.221 e. The highest BCUT2D eigenvalue weighted by atomic mass is 32.1. The molecule has 1 atom stereocenters. The fourth-order valence-corrected chi connectivity index (χ4v) is 5.60. The summed E-state index contributed by atoms with van der Waals surface area (Å²) in [5.74, 6) is 0.0196. The van der Waals surface area contributed by atoms with Crippen LogP contribution in [-0.4, -0.2) is 28.9 Å². The summed E-state index contributed by atoms with van der Waals surface area (Å²) in [7, 11) is 0. The Morgan fingerprint density at radius 3 is 2.76 bits per heavy atom. The molecule has 0 aromatic carbocycles. The molecule has 1 amide bonds. The maximum absolute atomic E-state index is 11.8. The standard InChI is InChI=1S/C20H25N3OS/c1-14(24)22-20-18(16-8-2-3-9-17(16)25-20)19(23-11-4-5-12-23)15-7-6-10-21-13-15/h6-7,10,13,19H,2-5,8-9,11-12H2,1H3,(H,22,24)/t19-/m1/s1. The average Bonchev–Trinajstić information content (AvgIpc) is 3.25. The summed E-state index contributed by atoms with van der Waals surface area (Å²) in [6, 6.07) is 4.41. The van der Waals surface area contributed by atoms with Crippen molar-refractivity contribution in [1.82, 2.24) is 9.88 Å². The lowest BCUT2D eigenvalue weighted by atomic mass is 9.89. The van der Waals surface area contributed by atoms with Crippen LogP contribution < -0.4 is 5.32 Å². The van der Waals surface area contributed by atoms with Gasteiger partial charge < -0.3 is 5.32 Å². The first kappa shape index (κ1) is 16.7. The highest BCUT2D eigenvalue weighted by molar-refractivity contribution is 7.16. The van der Waals surface area contributed by atoms with Gasteiger partial charge in [-0.05, 0) is 68.8 Å². The molecular formula is C20H25N3OS. The molecular weight excluding hydrogens is 330 g/mol. The zero-order chi connectivity index (χ0) is 17.2. The van der Waals surface area contributed by atoms with Gasteiger partial charge in [0.05, 0.1) is 6.04 Å². The van der Waals surface area contributed by atoms with Crippen LogP contribution in [0.25, 0.3) is 0 Å². The summed E-state index contributed by atoms with van der Waals surface area (Å²) in [6.07, 6.45) is 11.1. The van der Waals surface area contributed by atoms with Crippen molar-refractivity contribution >= 4 is 22.2 Å². The average molecular weight is 356 g/mol. The normalized spacial score (nSPS) is 18.8. The molecule has 1 N–H and O–H groups in total. The number of nitrogens with one attached hydrogen (secondary N) is 1.